The number of hydrogen-bond donors (Lipinski definition) is 1. The highest BCUT2D eigenvalue weighted by Crippen LogP contribution is 2.17. The number of rotatable bonds is 3. The van der Waals surface area contributed by atoms with Gasteiger partial charge in [0.1, 0.15) is 5.75 Å². The Morgan fingerprint density at radius 2 is 1.80 bits per heavy atom. The van der Waals surface area contributed by atoms with Crippen molar-refractivity contribution in [2.24, 2.45) is 0 Å². The molecule has 0 saturated heterocycles. The largest absolute Gasteiger partial charge is 0.427 e. The van der Waals surface area contributed by atoms with Gasteiger partial charge in [-0.05, 0) is 42.5 Å². The second-order valence-electron chi connectivity index (χ2n) is 4.08. The molecule has 0 aromatic heterocycles. The molecule has 4 nitrogen and oxygen atoms in total. The van der Waals surface area contributed by atoms with E-state index in [1.807, 2.05) is 0 Å². The fourth-order valence-electron chi connectivity index (χ4n) is 1.60. The van der Waals surface area contributed by atoms with Gasteiger partial charge >= 0.3 is 5.97 Å². The van der Waals surface area contributed by atoms with Crippen molar-refractivity contribution in [2.75, 3.05) is 5.32 Å². The molecular formula is C15H12ClNO3. The number of halogens is 1. The van der Waals surface area contributed by atoms with Crippen LogP contribution < -0.4 is 10.1 Å². The van der Waals surface area contributed by atoms with Gasteiger partial charge in [-0.1, -0.05) is 17.7 Å². The first-order valence-electron chi connectivity index (χ1n) is 5.90. The molecule has 0 aliphatic carbocycles. The van der Waals surface area contributed by atoms with Crippen LogP contribution in [-0.4, -0.2) is 11.9 Å². The first-order valence-corrected chi connectivity index (χ1v) is 6.28. The Kier molecular flexibility index (Phi) is 4.38. The van der Waals surface area contributed by atoms with Crippen molar-refractivity contribution >= 4 is 29.2 Å². The molecule has 0 heterocycles. The fourth-order valence-corrected chi connectivity index (χ4v) is 1.73. The molecule has 2 aromatic rings. The van der Waals surface area contributed by atoms with E-state index in [9.17, 15) is 9.59 Å². The summed E-state index contributed by atoms with van der Waals surface area (Å²) in [5.74, 6) is -0.386. The van der Waals surface area contributed by atoms with Crippen LogP contribution in [0.4, 0.5) is 5.69 Å². The SMILES string of the molecule is CC(=O)Oc1cccc(C(=O)Nc2ccc(Cl)cc2)c1. The van der Waals surface area contributed by atoms with Crippen LogP contribution in [0.3, 0.4) is 0 Å². The van der Waals surface area contributed by atoms with Gasteiger partial charge in [0.25, 0.3) is 5.91 Å². The third kappa shape index (κ3) is 3.83. The number of esters is 1. The van der Waals surface area contributed by atoms with E-state index in [0.717, 1.165) is 0 Å². The van der Waals surface area contributed by atoms with Crippen molar-refractivity contribution in [1.82, 2.24) is 0 Å². The van der Waals surface area contributed by atoms with Crippen LogP contribution in [0, 0.1) is 0 Å². The van der Waals surface area contributed by atoms with Gasteiger partial charge in [-0.3, -0.25) is 9.59 Å². The monoisotopic (exact) mass is 289 g/mol. The molecule has 0 spiro atoms. The van der Waals surface area contributed by atoms with Crippen LogP contribution >= 0.6 is 11.6 Å². The number of hydrogen-bond acceptors (Lipinski definition) is 3. The minimum atomic E-state index is -0.430. The summed E-state index contributed by atoms with van der Waals surface area (Å²) in [7, 11) is 0. The lowest BCUT2D eigenvalue weighted by Crippen LogP contribution is -2.12. The zero-order valence-corrected chi connectivity index (χ0v) is 11.5. The van der Waals surface area contributed by atoms with Gasteiger partial charge in [-0.25, -0.2) is 0 Å². The van der Waals surface area contributed by atoms with Crippen LogP contribution in [-0.2, 0) is 4.79 Å². The highest BCUT2D eigenvalue weighted by atomic mass is 35.5. The zero-order chi connectivity index (χ0) is 14.5. The number of ether oxygens (including phenoxy) is 1. The van der Waals surface area contributed by atoms with Crippen LogP contribution in [0.5, 0.6) is 5.75 Å². The minimum Gasteiger partial charge on any atom is -0.427 e. The Morgan fingerprint density at radius 3 is 2.45 bits per heavy atom. The number of amides is 1. The molecule has 0 radical (unpaired) electrons. The number of carbonyl (C=O) groups is 2. The summed E-state index contributed by atoms with van der Waals surface area (Å²) in [5, 5.41) is 3.32. The smallest absolute Gasteiger partial charge is 0.308 e. The summed E-state index contributed by atoms with van der Waals surface area (Å²) in [6.45, 7) is 1.31. The lowest BCUT2D eigenvalue weighted by Gasteiger charge is -2.07. The summed E-state index contributed by atoms with van der Waals surface area (Å²) in [6.07, 6.45) is 0. The van der Waals surface area contributed by atoms with E-state index in [1.165, 1.54) is 13.0 Å². The summed E-state index contributed by atoms with van der Waals surface area (Å²) in [5.41, 5.74) is 1.04. The molecule has 0 saturated carbocycles. The summed E-state index contributed by atoms with van der Waals surface area (Å²) in [4.78, 5) is 22.9. The average molecular weight is 290 g/mol. The van der Waals surface area contributed by atoms with Crippen LogP contribution in [0.2, 0.25) is 5.02 Å². The zero-order valence-electron chi connectivity index (χ0n) is 10.7. The number of benzene rings is 2. The topological polar surface area (TPSA) is 55.4 Å². The first kappa shape index (κ1) is 14.1. The minimum absolute atomic E-state index is 0.290. The molecule has 102 valence electrons. The molecule has 5 heteroatoms. The lowest BCUT2D eigenvalue weighted by molar-refractivity contribution is -0.131. The maximum absolute atomic E-state index is 12.1. The molecular weight excluding hydrogens is 278 g/mol. The van der Waals surface area contributed by atoms with Crippen molar-refractivity contribution in [3.63, 3.8) is 0 Å². The molecule has 2 rings (SSSR count). The number of nitrogens with one attached hydrogen (secondary N) is 1. The molecule has 1 amide bonds. The molecule has 20 heavy (non-hydrogen) atoms. The van der Waals surface area contributed by atoms with Crippen molar-refractivity contribution in [3.8, 4) is 5.75 Å². The fraction of sp³-hybridized carbons (Fsp3) is 0.0667. The Hall–Kier alpha value is -2.33. The predicted molar refractivity (Wildman–Crippen MR) is 77.2 cm³/mol. The molecule has 2 aromatic carbocycles. The number of carbonyl (C=O) groups excluding carboxylic acids is 2. The van der Waals surface area contributed by atoms with E-state index in [4.69, 9.17) is 16.3 Å². The van der Waals surface area contributed by atoms with E-state index in [0.29, 0.717) is 22.0 Å². The van der Waals surface area contributed by atoms with Gasteiger partial charge in [0.05, 0.1) is 0 Å². The normalized spacial score (nSPS) is 9.90. The van der Waals surface area contributed by atoms with Gasteiger partial charge in [0.2, 0.25) is 0 Å². The van der Waals surface area contributed by atoms with Crippen LogP contribution in [0.25, 0.3) is 0 Å². The van der Waals surface area contributed by atoms with E-state index in [1.54, 1.807) is 42.5 Å². The second kappa shape index (κ2) is 6.21. The van der Waals surface area contributed by atoms with Gasteiger partial charge in [0.15, 0.2) is 0 Å². The Bertz CT molecular complexity index is 638. The van der Waals surface area contributed by atoms with Gasteiger partial charge in [-0.15, -0.1) is 0 Å². The van der Waals surface area contributed by atoms with E-state index >= 15 is 0 Å². The maximum atomic E-state index is 12.1. The first-order chi connectivity index (χ1) is 9.54. The molecule has 0 atom stereocenters. The van der Waals surface area contributed by atoms with Crippen molar-refractivity contribution < 1.29 is 14.3 Å². The van der Waals surface area contributed by atoms with Crippen molar-refractivity contribution in [3.05, 3.63) is 59.1 Å². The predicted octanol–water partition coefficient (Wildman–Crippen LogP) is 3.52. The van der Waals surface area contributed by atoms with Gasteiger partial charge in [0, 0.05) is 23.2 Å². The Labute approximate surface area is 121 Å². The molecule has 0 unspecified atom stereocenters. The Balaban J connectivity index is 2.12. The van der Waals surface area contributed by atoms with E-state index in [-0.39, 0.29) is 5.91 Å². The summed E-state index contributed by atoms with van der Waals surface area (Å²) in [6, 6.07) is 13.2. The highest BCUT2D eigenvalue weighted by molar-refractivity contribution is 6.30. The molecule has 0 bridgehead atoms. The third-order valence-electron chi connectivity index (χ3n) is 2.46. The van der Waals surface area contributed by atoms with E-state index < -0.39 is 5.97 Å². The standard InChI is InChI=1S/C15H12ClNO3/c1-10(18)20-14-4-2-3-11(9-14)15(19)17-13-7-5-12(16)6-8-13/h2-9H,1H3,(H,17,19). The molecule has 0 aliphatic heterocycles. The van der Waals surface area contributed by atoms with Crippen LogP contribution in [0.15, 0.2) is 48.5 Å². The molecule has 1 N–H and O–H groups in total. The molecule has 0 aliphatic rings. The summed E-state index contributed by atoms with van der Waals surface area (Å²) >= 11 is 5.77. The van der Waals surface area contributed by atoms with Crippen molar-refractivity contribution in [2.45, 2.75) is 6.92 Å². The third-order valence-corrected chi connectivity index (χ3v) is 2.71. The van der Waals surface area contributed by atoms with Gasteiger partial charge < -0.3 is 10.1 Å². The van der Waals surface area contributed by atoms with E-state index in [2.05, 4.69) is 5.32 Å². The summed E-state index contributed by atoms with van der Waals surface area (Å²) < 4.78 is 4.93. The Morgan fingerprint density at radius 1 is 1.10 bits per heavy atom. The maximum Gasteiger partial charge on any atom is 0.308 e. The van der Waals surface area contributed by atoms with Crippen molar-refractivity contribution in [1.29, 1.82) is 0 Å². The lowest BCUT2D eigenvalue weighted by atomic mass is 10.2. The quantitative estimate of drug-likeness (QED) is 0.695. The highest BCUT2D eigenvalue weighted by Gasteiger charge is 2.08. The second-order valence-corrected chi connectivity index (χ2v) is 4.52. The molecule has 0 fully saturated rings. The average Bonchev–Trinajstić information content (AvgIpc) is 2.41. The van der Waals surface area contributed by atoms with Crippen LogP contribution in [0.1, 0.15) is 17.3 Å². The van der Waals surface area contributed by atoms with Gasteiger partial charge in [-0.2, -0.15) is 0 Å². The number of anilines is 1.